The maximum Gasteiger partial charge on any atom is 0.417 e. The van der Waals surface area contributed by atoms with Gasteiger partial charge in [0.2, 0.25) is 0 Å². The molecule has 118 valence electrons. The summed E-state index contributed by atoms with van der Waals surface area (Å²) in [5, 5.41) is 19.0. The number of ether oxygens (including phenoxy) is 1. The smallest absolute Gasteiger partial charge is 0.417 e. The minimum absolute atomic E-state index is 0.0981. The van der Waals surface area contributed by atoms with Crippen LogP contribution in [0, 0.1) is 0 Å². The van der Waals surface area contributed by atoms with Crippen molar-refractivity contribution in [2.45, 2.75) is 31.7 Å². The van der Waals surface area contributed by atoms with Crippen molar-refractivity contribution >= 4 is 17.6 Å². The van der Waals surface area contributed by atoms with Crippen molar-refractivity contribution in [3.8, 4) is 0 Å². The van der Waals surface area contributed by atoms with Crippen molar-refractivity contribution in [1.29, 1.82) is 0 Å². The van der Waals surface area contributed by atoms with Crippen LogP contribution in [0.25, 0.3) is 0 Å². The summed E-state index contributed by atoms with van der Waals surface area (Å²) in [6.45, 7) is 1.66. The Balaban J connectivity index is 2.87. The van der Waals surface area contributed by atoms with Crippen molar-refractivity contribution in [3.63, 3.8) is 0 Å². The standard InChI is InChI=1S/C12H13ClF3NO4/c1-2-21-9(19)4-8(18)11(20)10-7(13)3-6(5-17-10)12(14,15)16/h3,5,8,11,18,20H,2,4H2,1H3. The highest BCUT2D eigenvalue weighted by molar-refractivity contribution is 6.31. The molecule has 21 heavy (non-hydrogen) atoms. The van der Waals surface area contributed by atoms with E-state index in [-0.39, 0.29) is 12.3 Å². The SMILES string of the molecule is CCOC(=O)CC(O)C(O)c1ncc(C(F)(F)F)cc1Cl. The minimum atomic E-state index is -4.62. The molecule has 0 aliphatic carbocycles. The molecule has 0 aromatic carbocycles. The molecule has 1 rings (SSSR count). The molecule has 0 amide bonds. The van der Waals surface area contributed by atoms with Gasteiger partial charge in [-0.3, -0.25) is 9.78 Å². The maximum atomic E-state index is 12.4. The number of nitrogens with zero attached hydrogens (tertiary/aromatic N) is 1. The second-order valence-corrected chi connectivity index (χ2v) is 4.52. The van der Waals surface area contributed by atoms with Crippen LogP contribution in [0.3, 0.4) is 0 Å². The van der Waals surface area contributed by atoms with E-state index < -0.39 is 41.4 Å². The number of carbonyl (C=O) groups excluding carboxylic acids is 1. The van der Waals surface area contributed by atoms with Crippen LogP contribution in [0.15, 0.2) is 12.3 Å². The molecule has 0 saturated heterocycles. The number of aliphatic hydroxyl groups excluding tert-OH is 2. The molecule has 0 aliphatic rings. The van der Waals surface area contributed by atoms with Gasteiger partial charge in [-0.2, -0.15) is 13.2 Å². The normalized spacial score (nSPS) is 14.6. The van der Waals surface area contributed by atoms with Crippen LogP contribution in [0.2, 0.25) is 5.02 Å². The molecule has 0 bridgehead atoms. The van der Waals surface area contributed by atoms with E-state index in [1.807, 2.05) is 0 Å². The molecular formula is C12H13ClF3NO4. The van der Waals surface area contributed by atoms with Gasteiger partial charge in [-0.25, -0.2) is 0 Å². The average molecular weight is 328 g/mol. The highest BCUT2D eigenvalue weighted by atomic mass is 35.5. The Morgan fingerprint density at radius 3 is 2.57 bits per heavy atom. The van der Waals surface area contributed by atoms with Crippen molar-refractivity contribution in [3.05, 3.63) is 28.5 Å². The van der Waals surface area contributed by atoms with Gasteiger partial charge in [-0.05, 0) is 13.0 Å². The van der Waals surface area contributed by atoms with Gasteiger partial charge >= 0.3 is 12.1 Å². The van der Waals surface area contributed by atoms with Crippen LogP contribution in [0.4, 0.5) is 13.2 Å². The predicted octanol–water partition coefficient (Wildman–Crippen LogP) is 2.10. The molecular weight excluding hydrogens is 315 g/mol. The van der Waals surface area contributed by atoms with Gasteiger partial charge in [-0.1, -0.05) is 11.6 Å². The Bertz CT molecular complexity index is 510. The van der Waals surface area contributed by atoms with E-state index in [1.54, 1.807) is 6.92 Å². The summed E-state index contributed by atoms with van der Waals surface area (Å²) in [5.74, 6) is -0.757. The zero-order chi connectivity index (χ0) is 16.2. The van der Waals surface area contributed by atoms with Gasteiger partial charge in [0.1, 0.15) is 6.10 Å². The van der Waals surface area contributed by atoms with Gasteiger partial charge in [0.25, 0.3) is 0 Å². The number of halogens is 4. The van der Waals surface area contributed by atoms with Crippen molar-refractivity contribution in [2.24, 2.45) is 0 Å². The van der Waals surface area contributed by atoms with Crippen LogP contribution in [-0.2, 0) is 15.7 Å². The van der Waals surface area contributed by atoms with E-state index in [2.05, 4.69) is 9.72 Å². The number of pyridine rings is 1. The number of esters is 1. The summed E-state index contributed by atoms with van der Waals surface area (Å²) in [7, 11) is 0. The van der Waals surface area contributed by atoms with Crippen molar-refractivity contribution in [1.82, 2.24) is 4.98 Å². The summed E-state index contributed by atoms with van der Waals surface area (Å²) in [4.78, 5) is 14.6. The Kier molecular flexibility index (Phi) is 5.94. The summed E-state index contributed by atoms with van der Waals surface area (Å²) in [5.41, 5.74) is -1.43. The van der Waals surface area contributed by atoms with Crippen LogP contribution in [-0.4, -0.2) is 33.9 Å². The number of aromatic nitrogens is 1. The van der Waals surface area contributed by atoms with Gasteiger partial charge in [0, 0.05) is 6.20 Å². The quantitative estimate of drug-likeness (QED) is 0.810. The van der Waals surface area contributed by atoms with Gasteiger partial charge in [0.15, 0.2) is 0 Å². The lowest BCUT2D eigenvalue weighted by atomic mass is 10.1. The first kappa shape index (κ1) is 17.7. The lowest BCUT2D eigenvalue weighted by Gasteiger charge is -2.18. The summed E-state index contributed by atoms with van der Waals surface area (Å²) < 4.78 is 41.9. The van der Waals surface area contributed by atoms with E-state index in [0.29, 0.717) is 12.3 Å². The molecule has 1 aromatic heterocycles. The molecule has 2 atom stereocenters. The van der Waals surface area contributed by atoms with E-state index in [0.717, 1.165) is 0 Å². The molecule has 0 fully saturated rings. The third-order valence-corrected chi connectivity index (χ3v) is 2.83. The fraction of sp³-hybridized carbons (Fsp3) is 0.500. The number of rotatable bonds is 5. The fourth-order valence-electron chi connectivity index (χ4n) is 1.51. The number of aliphatic hydroxyl groups is 2. The largest absolute Gasteiger partial charge is 0.466 e. The molecule has 0 radical (unpaired) electrons. The van der Waals surface area contributed by atoms with E-state index >= 15 is 0 Å². The molecule has 0 aliphatic heterocycles. The van der Waals surface area contributed by atoms with Crippen LogP contribution < -0.4 is 0 Å². The van der Waals surface area contributed by atoms with Crippen LogP contribution >= 0.6 is 11.6 Å². The second-order valence-electron chi connectivity index (χ2n) is 4.11. The average Bonchev–Trinajstić information content (AvgIpc) is 2.36. The number of alkyl halides is 3. The molecule has 1 aromatic rings. The first-order valence-electron chi connectivity index (χ1n) is 5.91. The van der Waals surface area contributed by atoms with Gasteiger partial charge in [-0.15, -0.1) is 0 Å². The second kappa shape index (κ2) is 7.06. The fourth-order valence-corrected chi connectivity index (χ4v) is 1.78. The van der Waals surface area contributed by atoms with Crippen molar-refractivity contribution in [2.75, 3.05) is 6.61 Å². The molecule has 1 heterocycles. The molecule has 9 heteroatoms. The Labute approximate surface area is 123 Å². The molecule has 0 spiro atoms. The molecule has 5 nitrogen and oxygen atoms in total. The Hall–Kier alpha value is -1.38. The number of hydrogen-bond donors (Lipinski definition) is 2. The number of carbonyl (C=O) groups is 1. The lowest BCUT2D eigenvalue weighted by Crippen LogP contribution is -2.24. The van der Waals surface area contributed by atoms with Crippen LogP contribution in [0.1, 0.15) is 30.7 Å². The molecule has 0 saturated carbocycles. The highest BCUT2D eigenvalue weighted by Crippen LogP contribution is 2.33. The topological polar surface area (TPSA) is 79.7 Å². The maximum absolute atomic E-state index is 12.4. The minimum Gasteiger partial charge on any atom is -0.466 e. The lowest BCUT2D eigenvalue weighted by molar-refractivity contribution is -0.147. The first-order valence-corrected chi connectivity index (χ1v) is 6.29. The van der Waals surface area contributed by atoms with E-state index in [4.69, 9.17) is 11.6 Å². The van der Waals surface area contributed by atoms with E-state index in [1.165, 1.54) is 0 Å². The van der Waals surface area contributed by atoms with Crippen molar-refractivity contribution < 1.29 is 32.9 Å². The third-order valence-electron chi connectivity index (χ3n) is 2.52. The third kappa shape index (κ3) is 4.83. The zero-order valence-electron chi connectivity index (χ0n) is 10.9. The summed E-state index contributed by atoms with van der Waals surface area (Å²) in [6, 6.07) is 0.587. The Morgan fingerprint density at radius 1 is 1.48 bits per heavy atom. The summed E-state index contributed by atoms with van der Waals surface area (Å²) >= 11 is 5.62. The summed E-state index contributed by atoms with van der Waals surface area (Å²) in [6.07, 6.45) is -7.96. The molecule has 2 unspecified atom stereocenters. The predicted molar refractivity (Wildman–Crippen MR) is 66.5 cm³/mol. The first-order chi connectivity index (χ1) is 9.66. The molecule has 2 N–H and O–H groups in total. The monoisotopic (exact) mass is 327 g/mol. The van der Waals surface area contributed by atoms with E-state index in [9.17, 15) is 28.2 Å². The van der Waals surface area contributed by atoms with Gasteiger partial charge in [0.05, 0.1) is 35.4 Å². The number of hydrogen-bond acceptors (Lipinski definition) is 5. The zero-order valence-corrected chi connectivity index (χ0v) is 11.6. The highest BCUT2D eigenvalue weighted by Gasteiger charge is 2.33. The Morgan fingerprint density at radius 2 is 2.10 bits per heavy atom. The van der Waals surface area contributed by atoms with Gasteiger partial charge < -0.3 is 14.9 Å². The van der Waals surface area contributed by atoms with Crippen LogP contribution in [0.5, 0.6) is 0 Å².